The van der Waals surface area contributed by atoms with E-state index in [-0.39, 0.29) is 11.6 Å². The summed E-state index contributed by atoms with van der Waals surface area (Å²) in [4.78, 5) is 21.7. The van der Waals surface area contributed by atoms with Crippen molar-refractivity contribution in [2.45, 2.75) is 33.1 Å². The molecule has 7 heteroatoms. The van der Waals surface area contributed by atoms with Crippen LogP contribution in [0.4, 0.5) is 0 Å². The van der Waals surface area contributed by atoms with Gasteiger partial charge >= 0.3 is 0 Å². The monoisotopic (exact) mass is 348 g/mol. The third kappa shape index (κ3) is 19.2. The number of carbonyl (C=O) groups is 2. The Bertz CT molecular complexity index is 307. The Labute approximate surface area is 144 Å². The summed E-state index contributed by atoms with van der Waals surface area (Å²) in [5.41, 5.74) is 0. The minimum absolute atomic E-state index is 0.129. The van der Waals surface area contributed by atoms with E-state index in [1.165, 1.54) is 0 Å². The summed E-state index contributed by atoms with van der Waals surface area (Å²) in [5, 5.41) is 0. The largest absolute Gasteiger partial charge is 0.379 e. The summed E-state index contributed by atoms with van der Waals surface area (Å²) in [7, 11) is 0. The standard InChI is InChI=1S/C17H32O7/c1-3-17(19)5-7-21-9-11-23-13-15-24-14-12-22-10-8-20-6-4-16(2)18/h3-15H2,1-2H3. The molecule has 24 heavy (non-hydrogen) atoms. The van der Waals surface area contributed by atoms with Crippen molar-refractivity contribution in [1.29, 1.82) is 0 Å². The Kier molecular flexibility index (Phi) is 17.8. The van der Waals surface area contributed by atoms with E-state index in [9.17, 15) is 9.59 Å². The molecule has 0 amide bonds. The molecule has 0 unspecified atom stereocenters. The van der Waals surface area contributed by atoms with Crippen molar-refractivity contribution in [2.75, 3.05) is 66.1 Å². The lowest BCUT2D eigenvalue weighted by molar-refractivity contribution is -0.120. The highest BCUT2D eigenvalue weighted by Crippen LogP contribution is 1.90. The highest BCUT2D eigenvalue weighted by atomic mass is 16.6. The quantitative estimate of drug-likeness (QED) is 0.327. The van der Waals surface area contributed by atoms with Crippen molar-refractivity contribution < 1.29 is 33.3 Å². The van der Waals surface area contributed by atoms with Crippen LogP contribution in [0.15, 0.2) is 0 Å². The molecular formula is C17H32O7. The van der Waals surface area contributed by atoms with Crippen LogP contribution in [0.1, 0.15) is 33.1 Å². The topological polar surface area (TPSA) is 80.3 Å². The normalized spacial score (nSPS) is 10.9. The third-order valence-corrected chi connectivity index (χ3v) is 3.01. The van der Waals surface area contributed by atoms with Crippen molar-refractivity contribution in [3.8, 4) is 0 Å². The average molecular weight is 348 g/mol. The molecule has 0 saturated heterocycles. The number of carbonyl (C=O) groups excluding carboxylic acids is 2. The van der Waals surface area contributed by atoms with Gasteiger partial charge in [0.2, 0.25) is 0 Å². The first-order valence-electron chi connectivity index (χ1n) is 8.56. The molecule has 0 N–H and O–H groups in total. The lowest BCUT2D eigenvalue weighted by Crippen LogP contribution is -2.14. The van der Waals surface area contributed by atoms with Crippen LogP contribution in [0.2, 0.25) is 0 Å². The predicted molar refractivity (Wildman–Crippen MR) is 89.3 cm³/mol. The predicted octanol–water partition coefficient (Wildman–Crippen LogP) is 1.42. The van der Waals surface area contributed by atoms with Gasteiger partial charge in [-0.25, -0.2) is 0 Å². The summed E-state index contributed by atoms with van der Waals surface area (Å²) in [6.07, 6.45) is 1.49. The maximum Gasteiger partial charge on any atom is 0.134 e. The minimum atomic E-state index is 0.129. The van der Waals surface area contributed by atoms with Crippen LogP contribution in [-0.2, 0) is 33.3 Å². The van der Waals surface area contributed by atoms with Gasteiger partial charge in [-0.1, -0.05) is 6.92 Å². The summed E-state index contributed by atoms with van der Waals surface area (Å²) < 4.78 is 26.5. The number of hydrogen-bond acceptors (Lipinski definition) is 7. The zero-order valence-corrected chi connectivity index (χ0v) is 15.1. The van der Waals surface area contributed by atoms with Crippen LogP contribution in [0, 0.1) is 0 Å². The van der Waals surface area contributed by atoms with Gasteiger partial charge < -0.3 is 23.7 Å². The lowest BCUT2D eigenvalue weighted by Gasteiger charge is -2.07. The summed E-state index contributed by atoms with van der Waals surface area (Å²) in [5.74, 6) is 0.346. The Hall–Kier alpha value is -0.860. The molecule has 0 rings (SSSR count). The molecule has 0 aliphatic rings. The van der Waals surface area contributed by atoms with Gasteiger partial charge in [0.1, 0.15) is 11.6 Å². The van der Waals surface area contributed by atoms with Crippen molar-refractivity contribution >= 4 is 11.6 Å². The van der Waals surface area contributed by atoms with Crippen LogP contribution in [0.5, 0.6) is 0 Å². The molecule has 0 fully saturated rings. The van der Waals surface area contributed by atoms with Crippen LogP contribution >= 0.6 is 0 Å². The van der Waals surface area contributed by atoms with Crippen molar-refractivity contribution in [1.82, 2.24) is 0 Å². The molecule has 0 atom stereocenters. The van der Waals surface area contributed by atoms with E-state index in [2.05, 4.69) is 0 Å². The van der Waals surface area contributed by atoms with Gasteiger partial charge in [0.15, 0.2) is 0 Å². The van der Waals surface area contributed by atoms with E-state index in [1.807, 2.05) is 6.92 Å². The molecule has 0 spiro atoms. The van der Waals surface area contributed by atoms with Crippen LogP contribution in [0.3, 0.4) is 0 Å². The molecule has 0 aromatic carbocycles. The molecule has 0 radical (unpaired) electrons. The Balaban J connectivity index is 3.03. The maximum atomic E-state index is 11.0. The fourth-order valence-corrected chi connectivity index (χ4v) is 1.56. The second-order valence-corrected chi connectivity index (χ2v) is 5.16. The van der Waals surface area contributed by atoms with Crippen molar-refractivity contribution in [3.05, 3.63) is 0 Å². The Morgan fingerprint density at radius 2 is 0.917 bits per heavy atom. The van der Waals surface area contributed by atoms with Crippen LogP contribution in [0.25, 0.3) is 0 Å². The summed E-state index contributed by atoms with van der Waals surface area (Å²) in [6, 6.07) is 0. The third-order valence-electron chi connectivity index (χ3n) is 3.01. The molecule has 0 saturated carbocycles. The molecule has 0 heterocycles. The van der Waals surface area contributed by atoms with E-state index in [4.69, 9.17) is 23.7 Å². The lowest BCUT2D eigenvalue weighted by atomic mass is 10.2. The van der Waals surface area contributed by atoms with Gasteiger partial charge in [-0.15, -0.1) is 0 Å². The second-order valence-electron chi connectivity index (χ2n) is 5.16. The Morgan fingerprint density at radius 3 is 1.25 bits per heavy atom. The van der Waals surface area contributed by atoms with Gasteiger partial charge in [0.25, 0.3) is 0 Å². The van der Waals surface area contributed by atoms with E-state index >= 15 is 0 Å². The van der Waals surface area contributed by atoms with Crippen molar-refractivity contribution in [2.24, 2.45) is 0 Å². The second kappa shape index (κ2) is 18.5. The van der Waals surface area contributed by atoms with E-state index in [0.29, 0.717) is 85.3 Å². The van der Waals surface area contributed by atoms with Gasteiger partial charge in [-0.05, 0) is 6.92 Å². The summed E-state index contributed by atoms with van der Waals surface area (Å²) in [6.45, 7) is 8.30. The number of ketones is 2. The number of rotatable bonds is 19. The first-order chi connectivity index (χ1) is 11.7. The number of Topliss-reactive ketones (excluding diaryl/α,β-unsaturated/α-hetero) is 2. The number of hydrogen-bond donors (Lipinski definition) is 0. The SMILES string of the molecule is CCC(=O)CCOCCOCCOCCOCCOCCC(C)=O. The molecule has 7 nitrogen and oxygen atoms in total. The smallest absolute Gasteiger partial charge is 0.134 e. The maximum absolute atomic E-state index is 11.0. The number of ether oxygens (including phenoxy) is 5. The molecular weight excluding hydrogens is 316 g/mol. The van der Waals surface area contributed by atoms with Crippen LogP contribution in [-0.4, -0.2) is 77.6 Å². The fourth-order valence-electron chi connectivity index (χ4n) is 1.56. The first-order valence-corrected chi connectivity index (χ1v) is 8.56. The molecule has 0 aliphatic heterocycles. The van der Waals surface area contributed by atoms with Gasteiger partial charge in [-0.3, -0.25) is 9.59 Å². The minimum Gasteiger partial charge on any atom is -0.379 e. The first kappa shape index (κ1) is 23.1. The zero-order chi connectivity index (χ0) is 17.9. The van der Waals surface area contributed by atoms with E-state index in [1.54, 1.807) is 6.92 Å². The average Bonchev–Trinajstić information content (AvgIpc) is 2.57. The van der Waals surface area contributed by atoms with Gasteiger partial charge in [-0.2, -0.15) is 0 Å². The van der Waals surface area contributed by atoms with Gasteiger partial charge in [0.05, 0.1) is 66.1 Å². The molecule has 0 aromatic heterocycles. The van der Waals surface area contributed by atoms with Crippen LogP contribution < -0.4 is 0 Å². The fraction of sp³-hybridized carbons (Fsp3) is 0.882. The van der Waals surface area contributed by atoms with E-state index in [0.717, 1.165) is 0 Å². The van der Waals surface area contributed by atoms with Gasteiger partial charge in [0, 0.05) is 19.3 Å². The molecule has 0 bridgehead atoms. The molecule has 0 aliphatic carbocycles. The zero-order valence-electron chi connectivity index (χ0n) is 15.1. The van der Waals surface area contributed by atoms with Crippen molar-refractivity contribution in [3.63, 3.8) is 0 Å². The molecule has 0 aromatic rings. The highest BCUT2D eigenvalue weighted by Gasteiger charge is 1.98. The highest BCUT2D eigenvalue weighted by molar-refractivity contribution is 5.78. The summed E-state index contributed by atoms with van der Waals surface area (Å²) >= 11 is 0. The van der Waals surface area contributed by atoms with E-state index < -0.39 is 0 Å². The molecule has 142 valence electrons. The Morgan fingerprint density at radius 1 is 0.583 bits per heavy atom.